The molecule has 0 atom stereocenters. The highest BCUT2D eigenvalue weighted by Gasteiger charge is 2.21. The SMILES string of the molecule is Cc1nn(Cc2ccc(C(=O)Nc3ccccc3O)cc2)c(C)c1[N+](=O)[O-]. The zero-order chi connectivity index (χ0) is 19.6. The van der Waals surface area contributed by atoms with E-state index >= 15 is 0 Å². The highest BCUT2D eigenvalue weighted by molar-refractivity contribution is 6.04. The predicted octanol–water partition coefficient (Wildman–Crippen LogP) is 3.41. The smallest absolute Gasteiger partial charge is 0.312 e. The Morgan fingerprint density at radius 1 is 1.19 bits per heavy atom. The van der Waals surface area contributed by atoms with Crippen LogP contribution < -0.4 is 5.32 Å². The first-order valence-electron chi connectivity index (χ1n) is 8.23. The number of anilines is 1. The summed E-state index contributed by atoms with van der Waals surface area (Å²) >= 11 is 0. The molecule has 8 nitrogen and oxygen atoms in total. The van der Waals surface area contributed by atoms with Crippen LogP contribution in [0.25, 0.3) is 0 Å². The van der Waals surface area contributed by atoms with Crippen LogP contribution in [0.3, 0.4) is 0 Å². The molecule has 8 heteroatoms. The average molecular weight is 366 g/mol. The maximum Gasteiger partial charge on any atom is 0.312 e. The summed E-state index contributed by atoms with van der Waals surface area (Å²) in [5.74, 6) is -0.349. The van der Waals surface area contributed by atoms with E-state index in [1.807, 2.05) is 0 Å². The first-order chi connectivity index (χ1) is 12.9. The molecule has 0 unspecified atom stereocenters. The fourth-order valence-corrected chi connectivity index (χ4v) is 2.81. The number of amides is 1. The van der Waals surface area contributed by atoms with Gasteiger partial charge in [-0.1, -0.05) is 24.3 Å². The number of nitrogens with one attached hydrogen (secondary N) is 1. The van der Waals surface area contributed by atoms with Crippen molar-refractivity contribution in [2.45, 2.75) is 20.4 Å². The van der Waals surface area contributed by atoms with Crippen LogP contribution in [0.2, 0.25) is 0 Å². The Bertz CT molecular complexity index is 1010. The molecule has 0 saturated carbocycles. The van der Waals surface area contributed by atoms with Crippen molar-refractivity contribution in [1.29, 1.82) is 0 Å². The molecule has 3 aromatic rings. The molecule has 0 aliphatic heterocycles. The van der Waals surface area contributed by atoms with Crippen LogP contribution in [0.5, 0.6) is 5.75 Å². The van der Waals surface area contributed by atoms with Gasteiger partial charge in [0.1, 0.15) is 17.1 Å². The molecule has 1 heterocycles. The Balaban J connectivity index is 1.74. The number of hydrogen-bond acceptors (Lipinski definition) is 5. The van der Waals surface area contributed by atoms with Crippen LogP contribution in [0, 0.1) is 24.0 Å². The van der Waals surface area contributed by atoms with Gasteiger partial charge in [0.15, 0.2) is 0 Å². The van der Waals surface area contributed by atoms with Crippen LogP contribution in [-0.4, -0.2) is 25.7 Å². The number of para-hydroxylation sites is 2. The quantitative estimate of drug-likeness (QED) is 0.408. The van der Waals surface area contributed by atoms with Crippen LogP contribution >= 0.6 is 0 Å². The van der Waals surface area contributed by atoms with Gasteiger partial charge in [-0.15, -0.1) is 0 Å². The molecule has 1 amide bonds. The van der Waals surface area contributed by atoms with E-state index in [4.69, 9.17) is 0 Å². The number of aromatic hydroxyl groups is 1. The third-order valence-electron chi connectivity index (χ3n) is 4.23. The number of nitro groups is 1. The van der Waals surface area contributed by atoms with Crippen molar-refractivity contribution >= 4 is 17.3 Å². The van der Waals surface area contributed by atoms with Gasteiger partial charge in [0, 0.05) is 5.56 Å². The van der Waals surface area contributed by atoms with Gasteiger partial charge in [-0.3, -0.25) is 19.6 Å². The first kappa shape index (κ1) is 18.1. The van der Waals surface area contributed by atoms with Gasteiger partial charge in [-0.2, -0.15) is 5.10 Å². The summed E-state index contributed by atoms with van der Waals surface area (Å²) in [5.41, 5.74) is 2.50. The summed E-state index contributed by atoms with van der Waals surface area (Å²) < 4.78 is 1.57. The van der Waals surface area contributed by atoms with Crippen molar-refractivity contribution < 1.29 is 14.8 Å². The van der Waals surface area contributed by atoms with Crippen molar-refractivity contribution in [2.75, 3.05) is 5.32 Å². The number of carbonyl (C=O) groups excluding carboxylic acids is 1. The maximum absolute atomic E-state index is 12.3. The summed E-state index contributed by atoms with van der Waals surface area (Å²) in [4.78, 5) is 23.0. The van der Waals surface area contributed by atoms with Crippen molar-refractivity contribution in [1.82, 2.24) is 9.78 Å². The molecule has 0 saturated heterocycles. The van der Waals surface area contributed by atoms with Crippen LogP contribution in [-0.2, 0) is 6.54 Å². The molecule has 0 spiro atoms. The van der Waals surface area contributed by atoms with E-state index in [9.17, 15) is 20.0 Å². The molecular weight excluding hydrogens is 348 g/mol. The average Bonchev–Trinajstić information content (AvgIpc) is 2.91. The Hall–Kier alpha value is -3.68. The summed E-state index contributed by atoms with van der Waals surface area (Å²) in [7, 11) is 0. The van der Waals surface area contributed by atoms with Gasteiger partial charge < -0.3 is 10.4 Å². The summed E-state index contributed by atoms with van der Waals surface area (Å²) in [6.45, 7) is 3.63. The second-order valence-electron chi connectivity index (χ2n) is 6.10. The number of phenolic OH excluding ortho intramolecular Hbond substituents is 1. The standard InChI is InChI=1S/C19H18N4O4/c1-12-18(23(26)27)13(2)22(21-12)11-14-7-9-15(10-8-14)19(25)20-16-5-3-4-6-17(16)24/h3-10,24H,11H2,1-2H3,(H,20,25). The minimum atomic E-state index is -0.430. The molecule has 2 aromatic carbocycles. The molecule has 0 aliphatic rings. The van der Waals surface area contributed by atoms with Gasteiger partial charge in [0.05, 0.1) is 17.2 Å². The lowest BCUT2D eigenvalue weighted by molar-refractivity contribution is -0.386. The Morgan fingerprint density at radius 2 is 1.85 bits per heavy atom. The highest BCUT2D eigenvalue weighted by atomic mass is 16.6. The molecule has 0 bridgehead atoms. The molecule has 3 rings (SSSR count). The number of nitrogens with zero attached hydrogens (tertiary/aromatic N) is 3. The summed E-state index contributed by atoms with van der Waals surface area (Å²) in [6.07, 6.45) is 0. The predicted molar refractivity (Wildman–Crippen MR) is 100.0 cm³/mol. The molecule has 0 aliphatic carbocycles. The van der Waals surface area contributed by atoms with E-state index in [2.05, 4.69) is 10.4 Å². The minimum absolute atomic E-state index is 0.00593. The molecule has 2 N–H and O–H groups in total. The van der Waals surface area contributed by atoms with E-state index < -0.39 is 4.92 Å². The van der Waals surface area contributed by atoms with Crippen LogP contribution in [0.1, 0.15) is 27.3 Å². The Morgan fingerprint density at radius 3 is 2.44 bits per heavy atom. The minimum Gasteiger partial charge on any atom is -0.506 e. The molecular formula is C19H18N4O4. The van der Waals surface area contributed by atoms with Crippen molar-refractivity contribution in [3.05, 3.63) is 81.2 Å². The fourth-order valence-electron chi connectivity index (χ4n) is 2.81. The Labute approximate surface area is 155 Å². The lowest BCUT2D eigenvalue weighted by Gasteiger charge is -2.08. The largest absolute Gasteiger partial charge is 0.506 e. The maximum atomic E-state index is 12.3. The van der Waals surface area contributed by atoms with E-state index in [0.29, 0.717) is 29.2 Å². The number of phenols is 1. The monoisotopic (exact) mass is 366 g/mol. The highest BCUT2D eigenvalue weighted by Crippen LogP contribution is 2.24. The number of rotatable bonds is 5. The second-order valence-corrected chi connectivity index (χ2v) is 6.10. The van der Waals surface area contributed by atoms with Crippen molar-refractivity contribution in [3.63, 3.8) is 0 Å². The molecule has 0 fully saturated rings. The topological polar surface area (TPSA) is 110 Å². The van der Waals surface area contributed by atoms with E-state index in [1.165, 1.54) is 6.07 Å². The normalized spacial score (nSPS) is 10.6. The lowest BCUT2D eigenvalue weighted by atomic mass is 10.1. The zero-order valence-electron chi connectivity index (χ0n) is 14.8. The lowest BCUT2D eigenvalue weighted by Crippen LogP contribution is -2.12. The molecule has 138 valence electrons. The summed E-state index contributed by atoms with van der Waals surface area (Å²) in [5, 5.41) is 27.7. The van der Waals surface area contributed by atoms with Gasteiger partial charge in [0.2, 0.25) is 0 Å². The van der Waals surface area contributed by atoms with E-state index in [-0.39, 0.29) is 17.3 Å². The van der Waals surface area contributed by atoms with Gasteiger partial charge in [-0.25, -0.2) is 0 Å². The van der Waals surface area contributed by atoms with Gasteiger partial charge in [0.25, 0.3) is 5.91 Å². The zero-order valence-corrected chi connectivity index (χ0v) is 14.8. The van der Waals surface area contributed by atoms with E-state index in [1.54, 1.807) is 61.0 Å². The molecule has 0 radical (unpaired) electrons. The molecule has 27 heavy (non-hydrogen) atoms. The molecule has 1 aromatic heterocycles. The van der Waals surface area contributed by atoms with Crippen LogP contribution in [0.4, 0.5) is 11.4 Å². The van der Waals surface area contributed by atoms with E-state index in [0.717, 1.165) is 5.56 Å². The van der Waals surface area contributed by atoms with Crippen molar-refractivity contribution in [2.24, 2.45) is 0 Å². The van der Waals surface area contributed by atoms with Crippen molar-refractivity contribution in [3.8, 4) is 5.75 Å². The number of hydrogen-bond donors (Lipinski definition) is 2. The Kier molecular flexibility index (Phi) is 4.89. The first-order valence-corrected chi connectivity index (χ1v) is 8.23. The number of aromatic nitrogens is 2. The third kappa shape index (κ3) is 3.79. The number of aryl methyl sites for hydroxylation is 1. The number of carbonyl (C=O) groups is 1. The van der Waals surface area contributed by atoms with Gasteiger partial charge >= 0.3 is 5.69 Å². The fraction of sp³-hybridized carbons (Fsp3) is 0.158. The van der Waals surface area contributed by atoms with Crippen LogP contribution in [0.15, 0.2) is 48.5 Å². The second kappa shape index (κ2) is 7.28. The van der Waals surface area contributed by atoms with Gasteiger partial charge in [-0.05, 0) is 43.7 Å². The number of benzene rings is 2. The summed E-state index contributed by atoms with van der Waals surface area (Å²) in [6, 6.07) is 13.3. The third-order valence-corrected chi connectivity index (χ3v) is 4.23.